The number of rotatable bonds is 12. The van der Waals surface area contributed by atoms with Crippen molar-refractivity contribution in [1.29, 1.82) is 5.26 Å². The van der Waals surface area contributed by atoms with Crippen LogP contribution >= 0.6 is 81.1 Å². The van der Waals surface area contributed by atoms with Crippen molar-refractivity contribution in [3.05, 3.63) is 57.8 Å². The van der Waals surface area contributed by atoms with Crippen molar-refractivity contribution < 1.29 is 9.53 Å². The maximum Gasteiger partial charge on any atom is 0.306 e. The largest absolute Gasteiger partial charge is 0.460 e. The first-order valence-corrected chi connectivity index (χ1v) is 18.5. The Hall–Kier alpha value is -1.45. The zero-order chi connectivity index (χ0) is 28.7. The SMILES string of the molecule is CCCCSC(=S)SC(C)(C#N)CCC(=O)OCc1cc(C)c(-c2ccc(-c3ccc(-c4sccc4C)s3)s2)s1. The molecule has 4 aromatic rings. The molecule has 1 unspecified atom stereocenters. The number of carbonyl (C=O) groups excluding carboxylic acids is 1. The van der Waals surface area contributed by atoms with E-state index in [1.54, 1.807) is 45.8 Å². The first-order valence-electron chi connectivity index (χ1n) is 13.0. The molecule has 4 rings (SSSR count). The third kappa shape index (κ3) is 8.31. The molecule has 0 radical (unpaired) electrons. The summed E-state index contributed by atoms with van der Waals surface area (Å²) >= 11 is 15.6. The lowest BCUT2D eigenvalue weighted by atomic mass is 10.1. The summed E-state index contributed by atoms with van der Waals surface area (Å²) in [6.07, 6.45) is 2.82. The third-order valence-electron chi connectivity index (χ3n) is 6.18. The number of aryl methyl sites for hydroxylation is 2. The first kappa shape index (κ1) is 31.5. The van der Waals surface area contributed by atoms with Crippen molar-refractivity contribution in [2.75, 3.05) is 5.75 Å². The number of hydrogen-bond acceptors (Lipinski definition) is 10. The Morgan fingerprint density at radius 1 is 1.02 bits per heavy atom. The summed E-state index contributed by atoms with van der Waals surface area (Å²) in [6, 6.07) is 15.5. The van der Waals surface area contributed by atoms with Crippen LogP contribution < -0.4 is 0 Å². The van der Waals surface area contributed by atoms with Crippen LogP contribution in [0.1, 0.15) is 55.5 Å². The Labute approximate surface area is 267 Å². The van der Waals surface area contributed by atoms with E-state index in [0.717, 1.165) is 27.0 Å². The average molecular weight is 662 g/mol. The number of unbranched alkanes of at least 4 members (excludes halogenated alkanes) is 1. The van der Waals surface area contributed by atoms with E-state index in [-0.39, 0.29) is 19.0 Å². The molecule has 0 aliphatic heterocycles. The summed E-state index contributed by atoms with van der Waals surface area (Å²) < 4.78 is 5.63. The van der Waals surface area contributed by atoms with Gasteiger partial charge in [-0.3, -0.25) is 4.79 Å². The lowest BCUT2D eigenvalue weighted by Crippen LogP contribution is -2.21. The summed E-state index contributed by atoms with van der Waals surface area (Å²) in [5.74, 6) is 0.678. The van der Waals surface area contributed by atoms with Gasteiger partial charge >= 0.3 is 5.97 Å². The number of thiocarbonyl (C=S) groups is 1. The fourth-order valence-corrected chi connectivity index (χ4v) is 11.4. The maximum atomic E-state index is 12.5. The van der Waals surface area contributed by atoms with Crippen molar-refractivity contribution in [2.24, 2.45) is 0 Å². The number of hydrogen-bond donors (Lipinski definition) is 0. The topological polar surface area (TPSA) is 50.1 Å². The second-order valence-corrected chi connectivity index (χ2v) is 17.6. The van der Waals surface area contributed by atoms with Gasteiger partial charge in [-0.25, -0.2) is 0 Å². The van der Waals surface area contributed by atoms with Crippen molar-refractivity contribution in [3.8, 4) is 35.3 Å². The molecule has 0 N–H and O–H groups in total. The highest BCUT2D eigenvalue weighted by Gasteiger charge is 2.28. The number of thioether (sulfide) groups is 2. The van der Waals surface area contributed by atoms with Crippen molar-refractivity contribution in [2.45, 2.75) is 64.7 Å². The molecule has 4 heterocycles. The smallest absolute Gasteiger partial charge is 0.306 e. The van der Waals surface area contributed by atoms with Crippen LogP contribution in [0.3, 0.4) is 0 Å². The van der Waals surface area contributed by atoms with Crippen LogP contribution in [0.2, 0.25) is 0 Å². The molecule has 0 aliphatic carbocycles. The van der Waals surface area contributed by atoms with Gasteiger partial charge in [-0.15, -0.1) is 57.1 Å². The molecular formula is C30H31NO2S7. The van der Waals surface area contributed by atoms with Crippen LogP contribution in [0.4, 0.5) is 0 Å². The summed E-state index contributed by atoms with van der Waals surface area (Å²) in [5, 5.41) is 11.9. The molecule has 0 saturated heterocycles. The Morgan fingerprint density at radius 3 is 2.33 bits per heavy atom. The quantitative estimate of drug-likeness (QED) is 0.0855. The number of thiophene rings is 4. The minimum Gasteiger partial charge on any atom is -0.460 e. The van der Waals surface area contributed by atoms with E-state index in [1.807, 2.05) is 18.3 Å². The van der Waals surface area contributed by atoms with E-state index in [1.165, 1.54) is 52.2 Å². The van der Waals surface area contributed by atoms with Crippen LogP contribution in [0, 0.1) is 25.2 Å². The van der Waals surface area contributed by atoms with Crippen LogP contribution in [0.15, 0.2) is 41.8 Å². The Kier molecular flexibility index (Phi) is 11.5. The number of ether oxygens (including phenoxy) is 1. The molecule has 0 amide bonds. The normalized spacial score (nSPS) is 12.7. The van der Waals surface area contributed by atoms with Crippen molar-refractivity contribution >= 4 is 90.6 Å². The lowest BCUT2D eigenvalue weighted by Gasteiger charge is -2.20. The van der Waals surface area contributed by atoms with Gasteiger partial charge in [-0.1, -0.05) is 37.3 Å². The van der Waals surface area contributed by atoms with Crippen LogP contribution in [0.5, 0.6) is 0 Å². The Morgan fingerprint density at radius 2 is 1.70 bits per heavy atom. The molecule has 3 nitrogen and oxygen atoms in total. The summed E-state index contributed by atoms with van der Waals surface area (Å²) in [5.41, 5.74) is 2.51. The molecule has 0 aromatic carbocycles. The fraction of sp³-hybridized carbons (Fsp3) is 0.367. The van der Waals surface area contributed by atoms with Gasteiger partial charge in [0.2, 0.25) is 0 Å². The molecule has 0 fully saturated rings. The molecule has 210 valence electrons. The van der Waals surface area contributed by atoms with Crippen LogP contribution in [-0.2, 0) is 16.1 Å². The molecule has 1 atom stereocenters. The third-order valence-corrected chi connectivity index (χ3v) is 14.0. The fourth-order valence-electron chi connectivity index (χ4n) is 3.88. The van der Waals surface area contributed by atoms with E-state index < -0.39 is 4.75 Å². The van der Waals surface area contributed by atoms with Gasteiger partial charge in [-0.2, -0.15) is 5.26 Å². The molecule has 10 heteroatoms. The number of carbonyl (C=O) groups is 1. The van der Waals surface area contributed by atoms with Crippen LogP contribution in [0.25, 0.3) is 29.3 Å². The van der Waals surface area contributed by atoms with Gasteiger partial charge < -0.3 is 4.74 Å². The minimum atomic E-state index is -0.731. The first-order chi connectivity index (χ1) is 19.2. The predicted molar refractivity (Wildman–Crippen MR) is 184 cm³/mol. The van der Waals surface area contributed by atoms with E-state index >= 15 is 0 Å². The van der Waals surface area contributed by atoms with Gasteiger partial charge in [0.25, 0.3) is 0 Å². The highest BCUT2D eigenvalue weighted by atomic mass is 32.2. The lowest BCUT2D eigenvalue weighted by molar-refractivity contribution is -0.145. The molecule has 40 heavy (non-hydrogen) atoms. The van der Waals surface area contributed by atoms with Gasteiger partial charge in [0, 0.05) is 40.6 Å². The van der Waals surface area contributed by atoms with Crippen molar-refractivity contribution in [3.63, 3.8) is 0 Å². The maximum absolute atomic E-state index is 12.5. The van der Waals surface area contributed by atoms with Gasteiger partial charge in [-0.05, 0) is 92.3 Å². The molecule has 4 aromatic heterocycles. The van der Waals surface area contributed by atoms with E-state index in [2.05, 4.69) is 68.6 Å². The second-order valence-electron chi connectivity index (χ2n) is 9.54. The number of esters is 1. The van der Waals surface area contributed by atoms with Gasteiger partial charge in [0.05, 0.1) is 6.07 Å². The highest BCUT2D eigenvalue weighted by molar-refractivity contribution is 8.47. The summed E-state index contributed by atoms with van der Waals surface area (Å²) in [4.78, 5) is 21.2. The molecule has 0 saturated carbocycles. The standard InChI is InChI=1S/C30H31NO2S7/c1-5-6-14-36-29(34)40-30(4,18-31)13-11-26(32)33-17-21-16-20(3)28(37-21)25-10-8-23(39-25)22-7-9-24(38-22)27-19(2)12-15-35-27/h7-10,12,15-16H,5-6,11,13-14,17H2,1-4H3. The Balaban J connectivity index is 1.31. The molecular weight excluding hydrogens is 631 g/mol. The predicted octanol–water partition coefficient (Wildman–Crippen LogP) is 11.2. The molecule has 0 bridgehead atoms. The van der Waals surface area contributed by atoms with Crippen molar-refractivity contribution in [1.82, 2.24) is 0 Å². The van der Waals surface area contributed by atoms with Gasteiger partial charge in [0.1, 0.15) is 14.9 Å². The number of nitriles is 1. The van der Waals surface area contributed by atoms with E-state index in [4.69, 9.17) is 17.0 Å². The molecule has 0 spiro atoms. The monoisotopic (exact) mass is 661 g/mol. The highest BCUT2D eigenvalue weighted by Crippen LogP contribution is 2.44. The summed E-state index contributed by atoms with van der Waals surface area (Å²) in [6.45, 7) is 8.51. The summed E-state index contributed by atoms with van der Waals surface area (Å²) in [7, 11) is 0. The minimum absolute atomic E-state index is 0.193. The van der Waals surface area contributed by atoms with E-state index in [9.17, 15) is 10.1 Å². The second kappa shape index (κ2) is 14.6. The molecule has 0 aliphatic rings. The van der Waals surface area contributed by atoms with Gasteiger partial charge in [0.15, 0.2) is 0 Å². The van der Waals surface area contributed by atoms with E-state index in [0.29, 0.717) is 6.42 Å². The zero-order valence-electron chi connectivity index (χ0n) is 22.9. The Bertz CT molecular complexity index is 1500. The van der Waals surface area contributed by atoms with Crippen LogP contribution in [-0.4, -0.2) is 20.0 Å². The average Bonchev–Trinajstić information content (AvgIpc) is 3.73. The number of nitrogens with zero attached hydrogens (tertiary/aromatic N) is 1. The zero-order valence-corrected chi connectivity index (χ0v) is 28.6.